The Morgan fingerprint density at radius 1 is 1.03 bits per heavy atom. The number of para-hydroxylation sites is 1. The number of fused-ring (bicyclic) bond motifs is 1. The molecule has 0 aliphatic heterocycles. The molecular formula is C25H21ClN2O3. The predicted octanol–water partition coefficient (Wildman–Crippen LogP) is 5.28. The fourth-order valence-corrected chi connectivity index (χ4v) is 3.79. The van der Waals surface area contributed by atoms with Crippen molar-refractivity contribution in [2.75, 3.05) is 0 Å². The Morgan fingerprint density at radius 2 is 1.81 bits per heavy atom. The van der Waals surface area contributed by atoms with Gasteiger partial charge < -0.3 is 15.0 Å². The summed E-state index contributed by atoms with van der Waals surface area (Å²) in [6.45, 7) is 2.78. The standard InChI is InChI=1S/C25H21ClN2O3/c1-16-13-19(25(30)31)7-8-20(16)14-27-24(29)22-4-2-3-18-11-12-28(23(18)22)15-17-5-9-21(26)10-6-17/h2-13H,14-15H2,1H3,(H,27,29)(H,30,31). The van der Waals surface area contributed by atoms with Crippen molar-refractivity contribution in [1.82, 2.24) is 9.88 Å². The summed E-state index contributed by atoms with van der Waals surface area (Å²) in [6, 6.07) is 20.2. The maximum absolute atomic E-state index is 13.0. The van der Waals surface area contributed by atoms with Crippen LogP contribution in [0, 0.1) is 6.92 Å². The molecule has 0 aliphatic rings. The fourth-order valence-electron chi connectivity index (χ4n) is 3.66. The van der Waals surface area contributed by atoms with E-state index in [1.165, 1.54) is 0 Å². The van der Waals surface area contributed by atoms with Crippen LogP contribution in [0.4, 0.5) is 0 Å². The van der Waals surface area contributed by atoms with E-state index in [0.29, 0.717) is 23.7 Å². The zero-order chi connectivity index (χ0) is 22.0. The number of carboxylic acid groups (broad SMARTS) is 1. The van der Waals surface area contributed by atoms with Crippen LogP contribution in [0.2, 0.25) is 5.02 Å². The van der Waals surface area contributed by atoms with Crippen molar-refractivity contribution in [1.29, 1.82) is 0 Å². The number of aromatic carboxylic acids is 1. The van der Waals surface area contributed by atoms with Gasteiger partial charge in [0.15, 0.2) is 0 Å². The summed E-state index contributed by atoms with van der Waals surface area (Å²) in [7, 11) is 0. The van der Waals surface area contributed by atoms with Gasteiger partial charge in [0.05, 0.1) is 16.6 Å². The highest BCUT2D eigenvalue weighted by atomic mass is 35.5. The molecule has 0 aliphatic carbocycles. The zero-order valence-electron chi connectivity index (χ0n) is 16.9. The van der Waals surface area contributed by atoms with Gasteiger partial charge in [-0.15, -0.1) is 0 Å². The molecule has 4 rings (SSSR count). The van der Waals surface area contributed by atoms with E-state index in [1.54, 1.807) is 18.2 Å². The SMILES string of the molecule is Cc1cc(C(=O)O)ccc1CNC(=O)c1cccc2ccn(Cc3ccc(Cl)cc3)c12. The molecule has 6 heteroatoms. The Bertz CT molecular complexity index is 1280. The van der Waals surface area contributed by atoms with Crippen LogP contribution in [0.1, 0.15) is 37.4 Å². The first-order chi connectivity index (χ1) is 14.9. The molecule has 0 atom stereocenters. The van der Waals surface area contributed by atoms with Gasteiger partial charge in [-0.3, -0.25) is 4.79 Å². The maximum Gasteiger partial charge on any atom is 0.335 e. The second-order valence-electron chi connectivity index (χ2n) is 7.44. The third-order valence-corrected chi connectivity index (χ3v) is 5.58. The summed E-state index contributed by atoms with van der Waals surface area (Å²) < 4.78 is 2.06. The summed E-state index contributed by atoms with van der Waals surface area (Å²) in [4.78, 5) is 24.1. The number of hydrogen-bond acceptors (Lipinski definition) is 2. The molecule has 4 aromatic rings. The smallest absolute Gasteiger partial charge is 0.335 e. The number of carbonyl (C=O) groups is 2. The number of amides is 1. The van der Waals surface area contributed by atoms with E-state index < -0.39 is 5.97 Å². The molecule has 3 aromatic carbocycles. The predicted molar refractivity (Wildman–Crippen MR) is 122 cm³/mol. The highest BCUT2D eigenvalue weighted by Gasteiger charge is 2.14. The average Bonchev–Trinajstić information content (AvgIpc) is 3.17. The Balaban J connectivity index is 1.57. The van der Waals surface area contributed by atoms with E-state index in [0.717, 1.165) is 27.6 Å². The first-order valence-electron chi connectivity index (χ1n) is 9.85. The number of carboxylic acids is 1. The summed E-state index contributed by atoms with van der Waals surface area (Å²) in [6.07, 6.45) is 1.98. The number of aromatic nitrogens is 1. The molecule has 0 unspecified atom stereocenters. The average molecular weight is 433 g/mol. The molecule has 0 fully saturated rings. The van der Waals surface area contributed by atoms with Crippen molar-refractivity contribution < 1.29 is 14.7 Å². The van der Waals surface area contributed by atoms with Crippen LogP contribution in [0.25, 0.3) is 10.9 Å². The minimum absolute atomic E-state index is 0.177. The topological polar surface area (TPSA) is 71.3 Å². The van der Waals surface area contributed by atoms with Crippen LogP contribution in [-0.4, -0.2) is 21.6 Å². The van der Waals surface area contributed by atoms with E-state index in [1.807, 2.05) is 61.7 Å². The Kier molecular flexibility index (Phi) is 5.78. The molecule has 1 heterocycles. The van der Waals surface area contributed by atoms with Crippen LogP contribution >= 0.6 is 11.6 Å². The van der Waals surface area contributed by atoms with Crippen molar-refractivity contribution in [3.63, 3.8) is 0 Å². The maximum atomic E-state index is 13.0. The van der Waals surface area contributed by atoms with Crippen molar-refractivity contribution in [2.45, 2.75) is 20.0 Å². The Morgan fingerprint density at radius 3 is 2.52 bits per heavy atom. The van der Waals surface area contributed by atoms with Crippen LogP contribution in [0.5, 0.6) is 0 Å². The molecule has 0 radical (unpaired) electrons. The zero-order valence-corrected chi connectivity index (χ0v) is 17.7. The minimum atomic E-state index is -0.966. The second-order valence-corrected chi connectivity index (χ2v) is 7.88. The fraction of sp³-hybridized carbons (Fsp3) is 0.120. The van der Waals surface area contributed by atoms with Gasteiger partial charge in [0, 0.05) is 29.7 Å². The highest BCUT2D eigenvalue weighted by molar-refractivity contribution is 6.30. The van der Waals surface area contributed by atoms with Crippen molar-refractivity contribution in [2.24, 2.45) is 0 Å². The lowest BCUT2D eigenvalue weighted by atomic mass is 10.0. The quantitative estimate of drug-likeness (QED) is 0.435. The number of nitrogens with zero attached hydrogens (tertiary/aromatic N) is 1. The molecule has 1 aromatic heterocycles. The number of nitrogens with one attached hydrogen (secondary N) is 1. The number of hydrogen-bond donors (Lipinski definition) is 2. The van der Waals surface area contributed by atoms with Crippen molar-refractivity contribution in [3.8, 4) is 0 Å². The van der Waals surface area contributed by atoms with Gasteiger partial charge in [0.2, 0.25) is 0 Å². The molecular weight excluding hydrogens is 412 g/mol. The van der Waals surface area contributed by atoms with E-state index >= 15 is 0 Å². The lowest BCUT2D eigenvalue weighted by Gasteiger charge is -2.12. The van der Waals surface area contributed by atoms with Gasteiger partial charge in [-0.1, -0.05) is 41.9 Å². The van der Waals surface area contributed by atoms with Gasteiger partial charge in [0.1, 0.15) is 0 Å². The van der Waals surface area contributed by atoms with E-state index in [2.05, 4.69) is 9.88 Å². The molecule has 1 amide bonds. The first kappa shape index (κ1) is 20.7. The molecule has 156 valence electrons. The van der Waals surface area contributed by atoms with E-state index in [-0.39, 0.29) is 11.5 Å². The Labute approximate surface area is 184 Å². The minimum Gasteiger partial charge on any atom is -0.478 e. The number of aryl methyl sites for hydroxylation is 1. The van der Waals surface area contributed by atoms with Gasteiger partial charge in [-0.2, -0.15) is 0 Å². The normalized spacial score (nSPS) is 10.9. The molecule has 31 heavy (non-hydrogen) atoms. The van der Waals surface area contributed by atoms with E-state index in [9.17, 15) is 9.59 Å². The third-order valence-electron chi connectivity index (χ3n) is 5.33. The molecule has 0 saturated heterocycles. The van der Waals surface area contributed by atoms with Gasteiger partial charge >= 0.3 is 5.97 Å². The summed E-state index contributed by atoms with van der Waals surface area (Å²) in [5, 5.41) is 13.8. The van der Waals surface area contributed by atoms with Crippen LogP contribution in [-0.2, 0) is 13.1 Å². The Hall–Kier alpha value is -3.57. The number of rotatable bonds is 6. The number of carbonyl (C=O) groups excluding carboxylic acids is 1. The molecule has 5 nitrogen and oxygen atoms in total. The summed E-state index contributed by atoms with van der Waals surface area (Å²) >= 11 is 5.99. The monoisotopic (exact) mass is 432 g/mol. The molecule has 0 bridgehead atoms. The first-order valence-corrected chi connectivity index (χ1v) is 10.2. The summed E-state index contributed by atoms with van der Waals surface area (Å²) in [5.74, 6) is -1.14. The van der Waals surface area contributed by atoms with Crippen LogP contribution in [0.15, 0.2) is 72.9 Å². The molecule has 2 N–H and O–H groups in total. The lowest BCUT2D eigenvalue weighted by molar-refractivity contribution is 0.0696. The number of benzene rings is 3. The van der Waals surface area contributed by atoms with E-state index in [4.69, 9.17) is 16.7 Å². The molecule has 0 saturated carbocycles. The van der Waals surface area contributed by atoms with Crippen LogP contribution < -0.4 is 5.32 Å². The summed E-state index contributed by atoms with van der Waals surface area (Å²) in [5.41, 5.74) is 4.49. The largest absolute Gasteiger partial charge is 0.478 e. The number of halogens is 1. The van der Waals surface area contributed by atoms with Gasteiger partial charge in [-0.05, 0) is 60.0 Å². The van der Waals surface area contributed by atoms with Crippen LogP contribution in [0.3, 0.4) is 0 Å². The van der Waals surface area contributed by atoms with Gasteiger partial charge in [-0.25, -0.2) is 4.79 Å². The third kappa shape index (κ3) is 4.47. The highest BCUT2D eigenvalue weighted by Crippen LogP contribution is 2.22. The molecule has 0 spiro atoms. The lowest BCUT2D eigenvalue weighted by Crippen LogP contribution is -2.24. The van der Waals surface area contributed by atoms with Crippen molar-refractivity contribution >= 4 is 34.4 Å². The van der Waals surface area contributed by atoms with Crippen molar-refractivity contribution in [3.05, 3.63) is 106 Å². The van der Waals surface area contributed by atoms with Gasteiger partial charge in [0.25, 0.3) is 5.91 Å². The second kappa shape index (κ2) is 8.66.